The Morgan fingerprint density at radius 3 is 2.72 bits per heavy atom. The molecule has 0 unspecified atom stereocenters. The molecule has 1 aromatic carbocycles. The first-order valence-electron chi connectivity index (χ1n) is 7.87. The van der Waals surface area contributed by atoms with Crippen LogP contribution in [0.2, 0.25) is 5.02 Å². The van der Waals surface area contributed by atoms with Gasteiger partial charge < -0.3 is 5.11 Å². The van der Waals surface area contributed by atoms with Gasteiger partial charge in [0, 0.05) is 11.2 Å². The summed E-state index contributed by atoms with van der Waals surface area (Å²) in [5.74, 6) is -1.01. The van der Waals surface area contributed by atoms with E-state index in [1.165, 1.54) is 12.1 Å². The summed E-state index contributed by atoms with van der Waals surface area (Å²) in [4.78, 5) is 4.24. The Kier molecular flexibility index (Phi) is 5.38. The van der Waals surface area contributed by atoms with Gasteiger partial charge in [-0.15, -0.1) is 0 Å². The highest BCUT2D eigenvalue weighted by Gasteiger charge is 2.37. The van der Waals surface area contributed by atoms with E-state index in [-0.39, 0.29) is 16.5 Å². The quantitative estimate of drug-likeness (QED) is 0.802. The fourth-order valence-corrected chi connectivity index (χ4v) is 4.65. The van der Waals surface area contributed by atoms with Crippen molar-refractivity contribution < 1.29 is 17.9 Å². The monoisotopic (exact) mass is 384 g/mol. The average molecular weight is 385 g/mol. The molecule has 25 heavy (non-hydrogen) atoms. The Morgan fingerprint density at radius 1 is 1.32 bits per heavy atom. The number of hydrogen-bond acceptors (Lipinski definition) is 4. The lowest BCUT2D eigenvalue weighted by molar-refractivity contribution is 0.0273. The number of benzene rings is 1. The molecule has 8 heteroatoms. The Balaban J connectivity index is 1.81. The molecule has 0 aliphatic heterocycles. The predicted octanol–water partition coefficient (Wildman–Crippen LogP) is 2.81. The van der Waals surface area contributed by atoms with E-state index < -0.39 is 33.7 Å². The van der Waals surface area contributed by atoms with Gasteiger partial charge in [0.2, 0.25) is 10.0 Å². The number of nitrogens with one attached hydrogen (secondary N) is 1. The maximum Gasteiger partial charge on any atom is 0.216 e. The molecule has 1 fully saturated rings. The van der Waals surface area contributed by atoms with Crippen molar-refractivity contribution in [1.82, 2.24) is 9.71 Å². The van der Waals surface area contributed by atoms with E-state index in [9.17, 15) is 17.9 Å². The van der Waals surface area contributed by atoms with Crippen LogP contribution in [0.15, 0.2) is 42.6 Å². The van der Waals surface area contributed by atoms with Gasteiger partial charge in [0.1, 0.15) is 5.82 Å². The first kappa shape index (κ1) is 18.3. The van der Waals surface area contributed by atoms with Crippen molar-refractivity contribution in [3.63, 3.8) is 0 Å². The number of halogens is 2. The van der Waals surface area contributed by atoms with Gasteiger partial charge in [-0.3, -0.25) is 4.98 Å². The van der Waals surface area contributed by atoms with Crippen molar-refractivity contribution in [3.05, 3.63) is 64.7 Å². The number of aromatic nitrogens is 1. The van der Waals surface area contributed by atoms with Crippen molar-refractivity contribution in [3.8, 4) is 0 Å². The van der Waals surface area contributed by atoms with Gasteiger partial charge in [-0.1, -0.05) is 17.7 Å². The highest BCUT2D eigenvalue weighted by molar-refractivity contribution is 7.88. The Bertz CT molecular complexity index is 842. The average Bonchev–Trinajstić information content (AvgIpc) is 2.54. The van der Waals surface area contributed by atoms with Crippen LogP contribution in [0.4, 0.5) is 4.39 Å². The van der Waals surface area contributed by atoms with Crippen LogP contribution in [0.3, 0.4) is 0 Å². The summed E-state index contributed by atoms with van der Waals surface area (Å²) in [5.41, 5.74) is 0.788. The predicted molar refractivity (Wildman–Crippen MR) is 92.9 cm³/mol. The van der Waals surface area contributed by atoms with Crippen LogP contribution >= 0.6 is 11.6 Å². The summed E-state index contributed by atoms with van der Waals surface area (Å²) < 4.78 is 41.2. The van der Waals surface area contributed by atoms with E-state index in [0.29, 0.717) is 18.5 Å². The number of rotatable bonds is 6. The molecule has 5 nitrogen and oxygen atoms in total. The van der Waals surface area contributed by atoms with Gasteiger partial charge in [0.15, 0.2) is 0 Å². The van der Waals surface area contributed by atoms with E-state index in [1.807, 2.05) is 0 Å². The molecular weight excluding hydrogens is 367 g/mol. The Morgan fingerprint density at radius 2 is 2.08 bits per heavy atom. The van der Waals surface area contributed by atoms with Gasteiger partial charge in [-0.25, -0.2) is 17.5 Å². The minimum absolute atomic E-state index is 0.0392. The van der Waals surface area contributed by atoms with E-state index in [1.54, 1.807) is 24.4 Å². The lowest BCUT2D eigenvalue weighted by Crippen LogP contribution is -2.42. The second-order valence-corrected chi connectivity index (χ2v) is 8.39. The molecule has 1 aliphatic carbocycles. The van der Waals surface area contributed by atoms with Crippen LogP contribution in [0.1, 0.15) is 30.1 Å². The lowest BCUT2D eigenvalue weighted by Gasteiger charge is -2.37. The van der Waals surface area contributed by atoms with Crippen LogP contribution in [0, 0.1) is 11.7 Å². The third kappa shape index (κ3) is 4.55. The van der Waals surface area contributed by atoms with Gasteiger partial charge in [0.25, 0.3) is 0 Å². The van der Waals surface area contributed by atoms with Crippen molar-refractivity contribution in [2.45, 2.75) is 30.7 Å². The molecule has 1 aliphatic rings. The molecule has 0 spiro atoms. The van der Waals surface area contributed by atoms with Gasteiger partial charge in [-0.05, 0) is 54.7 Å². The maximum absolute atomic E-state index is 13.4. The Hall–Kier alpha value is -1.54. The highest BCUT2D eigenvalue weighted by atomic mass is 35.5. The largest absolute Gasteiger partial charge is 0.393 e. The third-order valence-corrected chi connectivity index (χ3v) is 5.96. The van der Waals surface area contributed by atoms with Crippen LogP contribution < -0.4 is 4.72 Å². The molecule has 0 saturated heterocycles. The zero-order valence-electron chi connectivity index (χ0n) is 13.3. The molecule has 0 bridgehead atoms. The zero-order chi connectivity index (χ0) is 18.0. The van der Waals surface area contributed by atoms with Gasteiger partial charge in [-0.2, -0.15) is 0 Å². The van der Waals surface area contributed by atoms with E-state index >= 15 is 0 Å². The number of hydrogen-bond donors (Lipinski definition) is 2. The fourth-order valence-electron chi connectivity index (χ4n) is 2.95. The van der Waals surface area contributed by atoms with Crippen molar-refractivity contribution in [2.75, 3.05) is 0 Å². The van der Waals surface area contributed by atoms with Crippen LogP contribution in [-0.2, 0) is 15.8 Å². The molecule has 2 N–H and O–H groups in total. The molecular formula is C17H18ClFN2O3S. The van der Waals surface area contributed by atoms with Crippen molar-refractivity contribution >= 4 is 21.6 Å². The minimum Gasteiger partial charge on any atom is -0.393 e. The topological polar surface area (TPSA) is 79.3 Å². The minimum atomic E-state index is -3.78. The first-order chi connectivity index (χ1) is 11.8. The second kappa shape index (κ2) is 7.37. The lowest BCUT2D eigenvalue weighted by atomic mass is 9.76. The van der Waals surface area contributed by atoms with Gasteiger partial charge in [0.05, 0.1) is 23.6 Å². The second-order valence-electron chi connectivity index (χ2n) is 6.23. The molecule has 1 atom stereocenters. The van der Waals surface area contributed by atoms with Crippen molar-refractivity contribution in [1.29, 1.82) is 0 Å². The molecule has 2 aromatic rings. The molecule has 1 saturated carbocycles. The standard InChI is InChI=1S/C17H18ClFN2O3S/c18-15-5-4-13(19)7-12(15)10-25(23,24)21-17(11-8-14(22)9-11)16-3-1-2-6-20-16/h1-7,11,14,17,21-22H,8-10H2/t11?,14?,17-/m1/s1. The number of nitrogens with zero attached hydrogens (tertiary/aromatic N) is 1. The number of pyridine rings is 1. The first-order valence-corrected chi connectivity index (χ1v) is 9.90. The molecule has 1 aromatic heterocycles. The van der Waals surface area contributed by atoms with E-state index in [4.69, 9.17) is 11.6 Å². The van der Waals surface area contributed by atoms with E-state index in [2.05, 4.69) is 9.71 Å². The summed E-state index contributed by atoms with van der Waals surface area (Å²) in [7, 11) is -3.78. The fraction of sp³-hybridized carbons (Fsp3) is 0.353. The molecule has 0 amide bonds. The third-order valence-electron chi connectivity index (χ3n) is 4.29. The summed E-state index contributed by atoms with van der Waals surface area (Å²) in [6.45, 7) is 0. The van der Waals surface area contributed by atoms with Crippen LogP contribution in [0.5, 0.6) is 0 Å². The number of aliphatic hydroxyl groups excluding tert-OH is 1. The maximum atomic E-state index is 13.4. The van der Waals surface area contributed by atoms with Crippen LogP contribution in [0.25, 0.3) is 0 Å². The molecule has 0 radical (unpaired) electrons. The molecule has 1 heterocycles. The number of aliphatic hydroxyl groups is 1. The van der Waals surface area contributed by atoms with Crippen molar-refractivity contribution in [2.24, 2.45) is 5.92 Å². The van der Waals surface area contributed by atoms with E-state index in [0.717, 1.165) is 6.07 Å². The Labute approximate surface area is 150 Å². The summed E-state index contributed by atoms with van der Waals surface area (Å²) >= 11 is 5.97. The molecule has 3 rings (SSSR count). The van der Waals surface area contributed by atoms with Crippen LogP contribution in [-0.4, -0.2) is 24.6 Å². The molecule has 134 valence electrons. The zero-order valence-corrected chi connectivity index (χ0v) is 14.8. The normalized spacial score (nSPS) is 21.6. The summed E-state index contributed by atoms with van der Waals surface area (Å²) in [6.07, 6.45) is 2.18. The highest BCUT2D eigenvalue weighted by Crippen LogP contribution is 2.38. The summed E-state index contributed by atoms with van der Waals surface area (Å²) in [6, 6.07) is 8.36. The SMILES string of the molecule is O=S(=O)(Cc1cc(F)ccc1Cl)N[C@@H](c1ccccn1)C1CC(O)C1. The van der Waals surface area contributed by atoms with Gasteiger partial charge >= 0.3 is 0 Å². The smallest absolute Gasteiger partial charge is 0.216 e. The summed E-state index contributed by atoms with van der Waals surface area (Å²) in [5, 5.41) is 9.75. The number of sulfonamides is 1.